The minimum absolute atomic E-state index is 0.0992. The maximum Gasteiger partial charge on any atom is 0.411 e. The van der Waals surface area contributed by atoms with Gasteiger partial charge in [0, 0.05) is 16.5 Å². The van der Waals surface area contributed by atoms with E-state index in [0.29, 0.717) is 22.4 Å². The highest BCUT2D eigenvalue weighted by molar-refractivity contribution is 6.31. The summed E-state index contributed by atoms with van der Waals surface area (Å²) in [5.74, 6) is -0.393. The highest BCUT2D eigenvalue weighted by Gasteiger charge is 2.50. The first-order valence-corrected chi connectivity index (χ1v) is 11.3. The van der Waals surface area contributed by atoms with Gasteiger partial charge in [-0.15, -0.1) is 0 Å². The number of likely N-dealkylation sites (tertiary alicyclic amines) is 1. The normalized spacial score (nSPS) is 23.1. The number of ether oxygens (including phenoxy) is 1. The fourth-order valence-corrected chi connectivity index (χ4v) is 5.09. The molecular weight excluding hydrogens is 434 g/mol. The molecule has 1 aliphatic carbocycles. The van der Waals surface area contributed by atoms with Crippen LogP contribution in [-0.4, -0.2) is 40.6 Å². The average Bonchev–Trinajstić information content (AvgIpc) is 3.28. The molecule has 1 saturated carbocycles. The molecule has 4 amide bonds. The standard InChI is InChI=1S/C23H28ClN3O5/c1-23(2,3)32-22(30)26-16-7-5-4-6-13(16)10-17(26)20(28)27(21(25)29)18-12-31-19-9-8-14(24)11-15(18)19/h8-9,11-13,16-17H,4-7,10H2,1-3H3,(H2,25,29)/t13?,16?,17-/m0/s1. The molecule has 1 aliphatic heterocycles. The summed E-state index contributed by atoms with van der Waals surface area (Å²) in [5.41, 5.74) is 5.62. The minimum Gasteiger partial charge on any atom is -0.462 e. The number of carbonyl (C=O) groups is 3. The Morgan fingerprint density at radius 3 is 2.62 bits per heavy atom. The SMILES string of the molecule is CC(C)(C)OC(=O)N1C2CCCCC2C[C@H]1C(=O)N(C(N)=O)c1coc2ccc(Cl)cc12. The second-order valence-electron chi connectivity index (χ2n) is 9.52. The predicted molar refractivity (Wildman–Crippen MR) is 121 cm³/mol. The van der Waals surface area contributed by atoms with Crippen LogP contribution < -0.4 is 10.6 Å². The van der Waals surface area contributed by atoms with Crippen LogP contribution >= 0.6 is 11.6 Å². The first-order chi connectivity index (χ1) is 15.1. The number of hydrogen-bond donors (Lipinski definition) is 1. The highest BCUT2D eigenvalue weighted by atomic mass is 35.5. The van der Waals surface area contributed by atoms with Crippen molar-refractivity contribution in [3.63, 3.8) is 0 Å². The third kappa shape index (κ3) is 4.16. The van der Waals surface area contributed by atoms with Crippen LogP contribution in [0.3, 0.4) is 0 Å². The van der Waals surface area contributed by atoms with Gasteiger partial charge in [-0.05, 0) is 64.2 Å². The van der Waals surface area contributed by atoms with Gasteiger partial charge in [-0.2, -0.15) is 0 Å². The van der Waals surface area contributed by atoms with E-state index in [1.54, 1.807) is 39.0 Å². The maximum atomic E-state index is 13.7. The molecule has 1 saturated heterocycles. The molecule has 32 heavy (non-hydrogen) atoms. The van der Waals surface area contributed by atoms with E-state index in [9.17, 15) is 14.4 Å². The molecule has 2 fully saturated rings. The Morgan fingerprint density at radius 1 is 1.22 bits per heavy atom. The molecule has 4 rings (SSSR count). The molecule has 0 bridgehead atoms. The quantitative estimate of drug-likeness (QED) is 0.672. The molecular formula is C23H28ClN3O5. The third-order valence-corrected chi connectivity index (χ3v) is 6.41. The number of nitrogens with two attached hydrogens (primary N) is 1. The van der Waals surface area contributed by atoms with Gasteiger partial charge in [-0.25, -0.2) is 14.5 Å². The number of furan rings is 1. The molecule has 9 heteroatoms. The van der Waals surface area contributed by atoms with E-state index in [2.05, 4.69) is 0 Å². The molecule has 2 heterocycles. The van der Waals surface area contributed by atoms with Gasteiger partial charge < -0.3 is 14.9 Å². The van der Waals surface area contributed by atoms with Gasteiger partial charge in [-0.1, -0.05) is 24.4 Å². The molecule has 1 aromatic heterocycles. The van der Waals surface area contributed by atoms with Crippen LogP contribution in [0.25, 0.3) is 11.0 Å². The van der Waals surface area contributed by atoms with Crippen molar-refractivity contribution >= 4 is 46.3 Å². The van der Waals surface area contributed by atoms with Crippen LogP contribution in [0.2, 0.25) is 5.02 Å². The smallest absolute Gasteiger partial charge is 0.411 e. The Bertz CT molecular complexity index is 1060. The van der Waals surface area contributed by atoms with Crippen molar-refractivity contribution in [2.45, 2.75) is 70.6 Å². The molecule has 2 unspecified atom stereocenters. The van der Waals surface area contributed by atoms with E-state index >= 15 is 0 Å². The van der Waals surface area contributed by atoms with Crippen molar-refractivity contribution in [2.75, 3.05) is 4.90 Å². The zero-order valence-electron chi connectivity index (χ0n) is 18.5. The summed E-state index contributed by atoms with van der Waals surface area (Å²) in [6.07, 6.45) is 4.98. The second-order valence-corrected chi connectivity index (χ2v) is 9.96. The Morgan fingerprint density at radius 2 is 1.94 bits per heavy atom. The third-order valence-electron chi connectivity index (χ3n) is 6.17. The summed E-state index contributed by atoms with van der Waals surface area (Å²) >= 11 is 6.12. The van der Waals surface area contributed by atoms with Crippen LogP contribution in [-0.2, 0) is 9.53 Å². The maximum absolute atomic E-state index is 13.7. The summed E-state index contributed by atoms with van der Waals surface area (Å²) in [6.45, 7) is 5.35. The van der Waals surface area contributed by atoms with Crippen molar-refractivity contribution < 1.29 is 23.5 Å². The summed E-state index contributed by atoms with van der Waals surface area (Å²) in [5, 5.41) is 0.920. The van der Waals surface area contributed by atoms with Crippen molar-refractivity contribution in [3.8, 4) is 0 Å². The Labute approximate surface area is 191 Å². The van der Waals surface area contributed by atoms with E-state index in [0.717, 1.165) is 30.6 Å². The lowest BCUT2D eigenvalue weighted by molar-refractivity contribution is -0.122. The fourth-order valence-electron chi connectivity index (χ4n) is 4.91. The van der Waals surface area contributed by atoms with Gasteiger partial charge in [0.2, 0.25) is 0 Å². The number of nitrogens with zero attached hydrogens (tertiary/aromatic N) is 2. The van der Waals surface area contributed by atoms with Crippen LogP contribution in [0.4, 0.5) is 15.3 Å². The first kappa shape index (κ1) is 22.5. The molecule has 172 valence electrons. The van der Waals surface area contributed by atoms with Crippen molar-refractivity contribution in [1.29, 1.82) is 0 Å². The molecule has 2 aliphatic rings. The zero-order valence-corrected chi connectivity index (χ0v) is 19.2. The van der Waals surface area contributed by atoms with Crippen LogP contribution in [0, 0.1) is 5.92 Å². The first-order valence-electron chi connectivity index (χ1n) is 10.9. The molecule has 2 N–H and O–H groups in total. The lowest BCUT2D eigenvalue weighted by Crippen LogP contribution is -2.54. The van der Waals surface area contributed by atoms with Crippen molar-refractivity contribution in [2.24, 2.45) is 11.7 Å². The number of fused-ring (bicyclic) bond motifs is 2. The number of halogens is 1. The average molecular weight is 462 g/mol. The molecule has 3 atom stereocenters. The Hall–Kier alpha value is -2.74. The molecule has 1 aromatic carbocycles. The van der Waals surface area contributed by atoms with Crippen LogP contribution in [0.15, 0.2) is 28.9 Å². The number of benzene rings is 1. The lowest BCUT2D eigenvalue weighted by atomic mass is 9.85. The van der Waals surface area contributed by atoms with Crippen LogP contribution in [0.5, 0.6) is 0 Å². The van der Waals surface area contributed by atoms with Gasteiger partial charge >= 0.3 is 12.1 Å². The number of primary amides is 1. The summed E-state index contributed by atoms with van der Waals surface area (Å²) in [6, 6.07) is 3.02. The number of carbonyl (C=O) groups excluding carboxylic acids is 3. The monoisotopic (exact) mass is 461 g/mol. The fraction of sp³-hybridized carbons (Fsp3) is 0.522. The second kappa shape index (κ2) is 8.31. The molecule has 0 spiro atoms. The van der Waals surface area contributed by atoms with E-state index in [1.807, 2.05) is 0 Å². The van der Waals surface area contributed by atoms with Crippen molar-refractivity contribution in [1.82, 2.24) is 4.90 Å². The number of hydrogen-bond acceptors (Lipinski definition) is 5. The lowest BCUT2D eigenvalue weighted by Gasteiger charge is -2.35. The molecule has 0 radical (unpaired) electrons. The van der Waals surface area contributed by atoms with E-state index in [-0.39, 0.29) is 17.6 Å². The van der Waals surface area contributed by atoms with E-state index < -0.39 is 29.7 Å². The van der Waals surface area contributed by atoms with E-state index in [4.69, 9.17) is 26.5 Å². The number of urea groups is 1. The summed E-state index contributed by atoms with van der Waals surface area (Å²) in [4.78, 5) is 41.8. The Kier molecular flexibility index (Phi) is 5.83. The van der Waals surface area contributed by atoms with Gasteiger partial charge in [-0.3, -0.25) is 9.69 Å². The summed E-state index contributed by atoms with van der Waals surface area (Å²) < 4.78 is 11.1. The van der Waals surface area contributed by atoms with Crippen molar-refractivity contribution in [3.05, 3.63) is 29.5 Å². The molecule has 8 nitrogen and oxygen atoms in total. The van der Waals surface area contributed by atoms with Gasteiger partial charge in [0.15, 0.2) is 0 Å². The number of amides is 4. The van der Waals surface area contributed by atoms with E-state index in [1.165, 1.54) is 11.2 Å². The molecule has 2 aromatic rings. The minimum atomic E-state index is -0.948. The highest BCUT2D eigenvalue weighted by Crippen LogP contribution is 2.42. The number of anilines is 1. The van der Waals surface area contributed by atoms with Gasteiger partial charge in [0.25, 0.3) is 5.91 Å². The Balaban J connectivity index is 1.72. The number of rotatable bonds is 2. The zero-order chi connectivity index (χ0) is 23.2. The summed E-state index contributed by atoms with van der Waals surface area (Å²) in [7, 11) is 0. The predicted octanol–water partition coefficient (Wildman–Crippen LogP) is 5.07. The van der Waals surface area contributed by atoms with Gasteiger partial charge in [0.1, 0.15) is 23.5 Å². The van der Waals surface area contributed by atoms with Crippen LogP contribution in [0.1, 0.15) is 52.9 Å². The van der Waals surface area contributed by atoms with Gasteiger partial charge in [0.05, 0.1) is 5.69 Å². The largest absolute Gasteiger partial charge is 0.462 e. The topological polar surface area (TPSA) is 106 Å². The number of imide groups is 1.